The first-order chi connectivity index (χ1) is 47.5. The summed E-state index contributed by atoms with van der Waals surface area (Å²) in [5.41, 5.74) is 0. The molecule has 0 aliphatic rings. The summed E-state index contributed by atoms with van der Waals surface area (Å²) in [6.07, 6.45) is 105. The van der Waals surface area contributed by atoms with Crippen LogP contribution in [0.3, 0.4) is 0 Å². The smallest absolute Gasteiger partial charge is 0.462 e. The zero-order valence-corrected chi connectivity index (χ0v) is 66.2. The zero-order chi connectivity index (χ0) is 70.4. The molecule has 0 bridgehead atoms. The van der Waals surface area contributed by atoms with Crippen molar-refractivity contribution in [3.8, 4) is 0 Å². The number of phosphoric ester groups is 1. The summed E-state index contributed by atoms with van der Waals surface area (Å²) in [5, 5.41) is 0. The Balaban J connectivity index is 3.87. The van der Waals surface area contributed by atoms with Crippen molar-refractivity contribution >= 4 is 19.8 Å². The van der Waals surface area contributed by atoms with Crippen LogP contribution in [0.15, 0.2) is 60.8 Å². The third kappa shape index (κ3) is 82.6. The molecule has 570 valence electrons. The summed E-state index contributed by atoms with van der Waals surface area (Å²) in [5.74, 6) is -0.770. The Labute approximate surface area is 604 Å². The van der Waals surface area contributed by atoms with Crippen molar-refractivity contribution in [1.82, 2.24) is 0 Å². The molecule has 0 aromatic carbocycles. The maximum Gasteiger partial charge on any atom is 0.472 e. The van der Waals surface area contributed by atoms with Gasteiger partial charge in [-0.1, -0.05) is 421 Å². The van der Waals surface area contributed by atoms with Crippen LogP contribution in [0.5, 0.6) is 0 Å². The van der Waals surface area contributed by atoms with Gasteiger partial charge < -0.3 is 18.9 Å². The largest absolute Gasteiger partial charge is 0.472 e. The van der Waals surface area contributed by atoms with Gasteiger partial charge in [0.1, 0.15) is 19.8 Å². The van der Waals surface area contributed by atoms with E-state index in [0.29, 0.717) is 23.9 Å². The number of nitrogens with zero attached hydrogens (tertiary/aromatic N) is 1. The molecular formula is C87H165NO8P+. The van der Waals surface area contributed by atoms with Gasteiger partial charge in [0.15, 0.2) is 6.10 Å². The number of quaternary nitrogens is 1. The van der Waals surface area contributed by atoms with Crippen LogP contribution in [0, 0.1) is 0 Å². The predicted octanol–water partition coefficient (Wildman–Crippen LogP) is 28.5. The molecule has 0 saturated carbocycles. The lowest BCUT2D eigenvalue weighted by Gasteiger charge is -2.24. The summed E-state index contributed by atoms with van der Waals surface area (Å²) < 4.78 is 34.9. The Morgan fingerprint density at radius 1 is 0.330 bits per heavy atom. The van der Waals surface area contributed by atoms with Crippen LogP contribution in [-0.2, 0) is 32.7 Å². The first-order valence-corrected chi connectivity index (χ1v) is 44.0. The summed E-state index contributed by atoms with van der Waals surface area (Å²) >= 11 is 0. The second-order valence-corrected chi connectivity index (χ2v) is 31.7. The maximum atomic E-state index is 12.9. The topological polar surface area (TPSA) is 108 Å². The van der Waals surface area contributed by atoms with E-state index >= 15 is 0 Å². The fourth-order valence-electron chi connectivity index (χ4n) is 12.9. The third-order valence-corrected chi connectivity index (χ3v) is 20.3. The summed E-state index contributed by atoms with van der Waals surface area (Å²) in [6, 6.07) is 0. The Morgan fingerprint density at radius 3 is 0.876 bits per heavy atom. The van der Waals surface area contributed by atoms with Gasteiger partial charge in [0.05, 0.1) is 27.7 Å². The van der Waals surface area contributed by atoms with Gasteiger partial charge in [0.2, 0.25) is 0 Å². The van der Waals surface area contributed by atoms with Crippen LogP contribution in [0.1, 0.15) is 431 Å². The molecule has 0 radical (unpaired) electrons. The maximum absolute atomic E-state index is 12.9. The minimum Gasteiger partial charge on any atom is -0.462 e. The lowest BCUT2D eigenvalue weighted by molar-refractivity contribution is -0.870. The van der Waals surface area contributed by atoms with E-state index in [2.05, 4.69) is 74.6 Å². The first kappa shape index (κ1) is 94.7. The minimum absolute atomic E-state index is 0.0351. The second-order valence-electron chi connectivity index (χ2n) is 30.2. The van der Waals surface area contributed by atoms with Gasteiger partial charge in [-0.15, -0.1) is 0 Å². The molecule has 97 heavy (non-hydrogen) atoms. The van der Waals surface area contributed by atoms with Gasteiger partial charge in [-0.2, -0.15) is 0 Å². The standard InChI is InChI=1S/C87H164NO8P/c1-6-8-10-12-14-16-18-20-22-24-26-28-30-32-34-36-38-40-41-42-43-44-45-46-47-48-50-52-54-56-58-60-62-64-66-68-70-72-74-76-78-80-87(90)96-85(84-95-97(91,92)94-82-81-88(3,4)5)83-93-86(89)79-77-75-73-71-69-67-65-63-61-59-57-55-53-51-49-39-37-35-33-31-29-27-25-23-21-19-17-15-13-11-9-7-2/h8,10,14,16,20,22,26,28,32,34,85H,6-7,9,11-13,15,17-19,21,23-25,27,29-31,33,35-84H2,1-5H3/p+1/b10-8-,16-14-,22-20-,28-26-,34-32-. The molecule has 10 heteroatoms. The Morgan fingerprint density at radius 2 is 0.588 bits per heavy atom. The number of rotatable bonds is 80. The molecule has 9 nitrogen and oxygen atoms in total. The fourth-order valence-corrected chi connectivity index (χ4v) is 13.6. The number of hydrogen-bond donors (Lipinski definition) is 1. The van der Waals surface area contributed by atoms with Crippen molar-refractivity contribution in [3.63, 3.8) is 0 Å². The molecule has 0 fully saturated rings. The molecule has 0 aliphatic carbocycles. The van der Waals surface area contributed by atoms with E-state index in [4.69, 9.17) is 18.5 Å². The average molecular weight is 1380 g/mol. The number of carbonyl (C=O) groups excluding carboxylic acids is 2. The van der Waals surface area contributed by atoms with Crippen LogP contribution < -0.4 is 0 Å². The lowest BCUT2D eigenvalue weighted by atomic mass is 10.0. The molecule has 0 heterocycles. The molecular weight excluding hydrogens is 1220 g/mol. The van der Waals surface area contributed by atoms with Gasteiger partial charge >= 0.3 is 19.8 Å². The highest BCUT2D eigenvalue weighted by atomic mass is 31.2. The van der Waals surface area contributed by atoms with E-state index in [-0.39, 0.29) is 25.6 Å². The number of hydrogen-bond acceptors (Lipinski definition) is 7. The molecule has 2 unspecified atom stereocenters. The van der Waals surface area contributed by atoms with Crippen molar-refractivity contribution in [3.05, 3.63) is 60.8 Å². The number of esters is 2. The van der Waals surface area contributed by atoms with Crippen molar-refractivity contribution < 1.29 is 42.1 Å². The Kier molecular flexibility index (Phi) is 76.0. The van der Waals surface area contributed by atoms with Gasteiger partial charge in [-0.3, -0.25) is 18.6 Å². The van der Waals surface area contributed by atoms with Crippen LogP contribution in [-0.4, -0.2) is 74.9 Å². The van der Waals surface area contributed by atoms with E-state index < -0.39 is 26.5 Å². The number of phosphoric acid groups is 1. The Hall–Kier alpha value is -2.29. The van der Waals surface area contributed by atoms with Gasteiger partial charge in [-0.05, 0) is 57.8 Å². The van der Waals surface area contributed by atoms with E-state index in [1.165, 1.54) is 334 Å². The van der Waals surface area contributed by atoms with Gasteiger partial charge in [0, 0.05) is 12.8 Å². The first-order valence-electron chi connectivity index (χ1n) is 42.5. The fraction of sp³-hybridized carbons (Fsp3) is 0.862. The molecule has 0 rings (SSSR count). The summed E-state index contributed by atoms with van der Waals surface area (Å²) in [6.45, 7) is 4.41. The highest BCUT2D eigenvalue weighted by molar-refractivity contribution is 7.47. The number of ether oxygens (including phenoxy) is 2. The van der Waals surface area contributed by atoms with Crippen molar-refractivity contribution in [2.45, 2.75) is 437 Å². The molecule has 0 saturated heterocycles. The highest BCUT2D eigenvalue weighted by Gasteiger charge is 2.27. The van der Waals surface area contributed by atoms with Crippen LogP contribution in [0.25, 0.3) is 0 Å². The van der Waals surface area contributed by atoms with Crippen LogP contribution >= 0.6 is 7.82 Å². The lowest BCUT2D eigenvalue weighted by Crippen LogP contribution is -2.37. The van der Waals surface area contributed by atoms with Gasteiger partial charge in [-0.25, -0.2) is 4.57 Å². The van der Waals surface area contributed by atoms with Crippen molar-refractivity contribution in [2.24, 2.45) is 0 Å². The summed E-state index contributed by atoms with van der Waals surface area (Å²) in [4.78, 5) is 36.0. The molecule has 0 amide bonds. The third-order valence-electron chi connectivity index (χ3n) is 19.3. The van der Waals surface area contributed by atoms with E-state index in [1.54, 1.807) is 0 Å². The monoisotopic (exact) mass is 1380 g/mol. The number of unbranched alkanes of at least 4 members (excludes halogenated alkanes) is 56. The second kappa shape index (κ2) is 77.9. The number of likely N-dealkylation sites (N-methyl/N-ethyl adjacent to an activating group) is 1. The van der Waals surface area contributed by atoms with E-state index in [9.17, 15) is 19.0 Å². The van der Waals surface area contributed by atoms with Crippen molar-refractivity contribution in [1.29, 1.82) is 0 Å². The molecule has 0 aromatic rings. The predicted molar refractivity (Wildman–Crippen MR) is 423 cm³/mol. The molecule has 0 aromatic heterocycles. The molecule has 2 atom stereocenters. The minimum atomic E-state index is -4.39. The number of carbonyl (C=O) groups is 2. The van der Waals surface area contributed by atoms with E-state index in [1.807, 2.05) is 21.1 Å². The van der Waals surface area contributed by atoms with Crippen LogP contribution in [0.4, 0.5) is 0 Å². The molecule has 0 aliphatic heterocycles. The van der Waals surface area contributed by atoms with E-state index in [0.717, 1.165) is 64.2 Å². The quantitative estimate of drug-likeness (QED) is 0.0211. The highest BCUT2D eigenvalue weighted by Crippen LogP contribution is 2.43. The molecule has 0 spiro atoms. The van der Waals surface area contributed by atoms with Crippen molar-refractivity contribution in [2.75, 3.05) is 47.5 Å². The summed E-state index contributed by atoms with van der Waals surface area (Å²) in [7, 11) is 1.50. The zero-order valence-electron chi connectivity index (χ0n) is 65.3. The molecule has 1 N–H and O–H groups in total. The normalized spacial score (nSPS) is 13.3. The van der Waals surface area contributed by atoms with Crippen LogP contribution in [0.2, 0.25) is 0 Å². The SMILES string of the molecule is CC/C=C\C/C=C\C/C=C\C/C=C\C/C=C\CCCCCCCCCCCCCCCCCCCCCCCCCCCC(=O)OC(COC(=O)CCCCCCCCCCCCCCCCCCCCCCCCCCCCCCCCCC)COP(=O)(O)OCC[N+](C)(C)C. The van der Waals surface area contributed by atoms with Gasteiger partial charge in [0.25, 0.3) is 0 Å². The Bertz CT molecular complexity index is 1820. The average Bonchev–Trinajstić information content (AvgIpc) is 1.69. The number of allylic oxidation sites excluding steroid dienone is 10.